The molecule has 0 spiro atoms. The molecule has 2 atom stereocenters. The van der Waals surface area contributed by atoms with Gasteiger partial charge >= 0.3 is 0 Å². The molecule has 0 aliphatic carbocycles. The fraction of sp³-hybridized carbons (Fsp3) is 0.407. The Morgan fingerprint density at radius 2 is 1.89 bits per heavy atom. The highest BCUT2D eigenvalue weighted by molar-refractivity contribution is 6.31. The number of pyridine rings is 1. The largest absolute Gasteiger partial charge is 0.378 e. The molecule has 0 unspecified atom stereocenters. The second-order valence-corrected chi connectivity index (χ2v) is 9.82. The van der Waals surface area contributed by atoms with Crippen molar-refractivity contribution in [3.8, 4) is 0 Å². The minimum Gasteiger partial charge on any atom is -0.378 e. The Morgan fingerprint density at radius 1 is 1.17 bits per heavy atom. The molecular formula is C27H31BF3N3O2. The molecule has 1 fully saturated rings. The van der Waals surface area contributed by atoms with Crippen molar-refractivity contribution < 1.29 is 22.7 Å². The van der Waals surface area contributed by atoms with E-state index in [-0.39, 0.29) is 17.4 Å². The first-order chi connectivity index (χ1) is 17.1. The predicted molar refractivity (Wildman–Crippen MR) is 138 cm³/mol. The van der Waals surface area contributed by atoms with E-state index in [0.717, 1.165) is 28.1 Å². The van der Waals surface area contributed by atoms with Crippen molar-refractivity contribution in [1.29, 1.82) is 0 Å². The predicted octanol–water partition coefficient (Wildman–Crippen LogP) is 4.47. The quantitative estimate of drug-likeness (QED) is 0.490. The first-order valence-electron chi connectivity index (χ1n) is 12.1. The first kappa shape index (κ1) is 26.0. The molecule has 1 N–H and O–H groups in total. The lowest BCUT2D eigenvalue weighted by atomic mass is 9.90. The van der Waals surface area contributed by atoms with Gasteiger partial charge < -0.3 is 15.0 Å². The Hall–Kier alpha value is -3.07. The highest BCUT2D eigenvalue weighted by Crippen LogP contribution is 2.38. The molecular weight excluding hydrogens is 466 g/mol. The Morgan fingerprint density at radius 3 is 2.56 bits per heavy atom. The van der Waals surface area contributed by atoms with Crippen LogP contribution >= 0.6 is 0 Å². The van der Waals surface area contributed by atoms with Crippen molar-refractivity contribution in [3.05, 3.63) is 65.0 Å². The maximum Gasteiger partial charge on any atom is 0.266 e. The van der Waals surface area contributed by atoms with Crippen LogP contribution in [0.4, 0.5) is 18.9 Å². The summed E-state index contributed by atoms with van der Waals surface area (Å²) in [4.78, 5) is 19.1. The Kier molecular flexibility index (Phi) is 7.32. The number of hydrogen-bond donors (Lipinski definition) is 1. The van der Waals surface area contributed by atoms with Gasteiger partial charge in [0.25, 0.3) is 6.43 Å². The Labute approximate surface area is 210 Å². The molecule has 5 nitrogen and oxygen atoms in total. The van der Waals surface area contributed by atoms with Gasteiger partial charge in [-0.05, 0) is 42.7 Å². The van der Waals surface area contributed by atoms with Gasteiger partial charge in [0.2, 0.25) is 5.91 Å². The van der Waals surface area contributed by atoms with Gasteiger partial charge in [-0.3, -0.25) is 9.78 Å². The summed E-state index contributed by atoms with van der Waals surface area (Å²) in [5, 5.41) is 4.11. The van der Waals surface area contributed by atoms with E-state index in [1.54, 1.807) is 14.0 Å². The number of amides is 1. The standard InChI is InChI=1S/C27H31BF3N3O2/c1-15(2)26(35)34-11-10-27(14-34,36-4)17-8-9-21-20(12-17)22(13-23(28)33-21)32-16(3)18-6-5-7-19(24(18)29)25(30)31/h5-9,12-13,15-16,25H,10-11,14,28H2,1-4H3,(H,32,33)/t16-,27+/m1/s1. The molecule has 2 heterocycles. The van der Waals surface area contributed by atoms with E-state index in [2.05, 4.69) is 10.3 Å². The maximum absolute atomic E-state index is 14.8. The number of benzene rings is 2. The molecule has 3 aromatic rings. The SMILES string of the molecule is Bc1cc(N[C@H](C)c2cccc(C(F)F)c2F)c2cc([C@]3(OC)CCN(C(=O)C(C)C)C3)ccc2n1. The van der Waals surface area contributed by atoms with Crippen LogP contribution in [0.5, 0.6) is 0 Å². The van der Waals surface area contributed by atoms with Crippen molar-refractivity contribution in [2.75, 3.05) is 25.5 Å². The summed E-state index contributed by atoms with van der Waals surface area (Å²) in [5.74, 6) is -0.901. The molecule has 0 radical (unpaired) electrons. The zero-order chi connectivity index (χ0) is 26.2. The van der Waals surface area contributed by atoms with E-state index in [1.165, 1.54) is 12.1 Å². The van der Waals surface area contributed by atoms with E-state index < -0.39 is 29.4 Å². The minimum absolute atomic E-state index is 0.0937. The minimum atomic E-state index is -2.89. The monoisotopic (exact) mass is 497 g/mol. The molecule has 2 aromatic carbocycles. The highest BCUT2D eigenvalue weighted by Gasteiger charge is 2.42. The van der Waals surface area contributed by atoms with Gasteiger partial charge in [-0.15, -0.1) is 0 Å². The molecule has 9 heteroatoms. The first-order valence-corrected chi connectivity index (χ1v) is 12.1. The van der Waals surface area contributed by atoms with Crippen LogP contribution in [0.25, 0.3) is 10.9 Å². The average Bonchev–Trinajstić information content (AvgIpc) is 3.29. The molecule has 1 aliphatic rings. The number of carbonyl (C=O) groups is 1. The van der Waals surface area contributed by atoms with Crippen molar-refractivity contribution in [1.82, 2.24) is 9.88 Å². The zero-order valence-corrected chi connectivity index (χ0v) is 21.2. The Balaban J connectivity index is 1.72. The topological polar surface area (TPSA) is 54.5 Å². The summed E-state index contributed by atoms with van der Waals surface area (Å²) >= 11 is 0. The number of anilines is 1. The van der Waals surface area contributed by atoms with Crippen molar-refractivity contribution >= 4 is 35.9 Å². The van der Waals surface area contributed by atoms with E-state index >= 15 is 0 Å². The van der Waals surface area contributed by atoms with Crippen LogP contribution in [-0.4, -0.2) is 43.8 Å². The van der Waals surface area contributed by atoms with Crippen LogP contribution < -0.4 is 10.9 Å². The lowest BCUT2D eigenvalue weighted by Gasteiger charge is -2.29. The third-order valence-corrected chi connectivity index (χ3v) is 7.02. The molecule has 36 heavy (non-hydrogen) atoms. The van der Waals surface area contributed by atoms with Gasteiger partial charge in [-0.25, -0.2) is 13.2 Å². The number of aromatic nitrogens is 1. The molecule has 0 bridgehead atoms. The number of halogens is 3. The fourth-order valence-corrected chi connectivity index (χ4v) is 5.00. The highest BCUT2D eigenvalue weighted by atomic mass is 19.3. The average molecular weight is 497 g/mol. The van der Waals surface area contributed by atoms with E-state index in [0.29, 0.717) is 25.2 Å². The van der Waals surface area contributed by atoms with Crippen LogP contribution in [0.3, 0.4) is 0 Å². The normalized spacial score (nSPS) is 18.9. The van der Waals surface area contributed by atoms with Crippen molar-refractivity contribution in [2.45, 2.75) is 45.3 Å². The molecule has 1 saturated heterocycles. The van der Waals surface area contributed by atoms with Crippen LogP contribution in [0.15, 0.2) is 42.5 Å². The number of fused-ring (bicyclic) bond motifs is 1. The van der Waals surface area contributed by atoms with Gasteiger partial charge in [-0.1, -0.05) is 38.1 Å². The molecule has 1 aliphatic heterocycles. The van der Waals surface area contributed by atoms with Gasteiger partial charge in [0.05, 0.1) is 23.7 Å². The number of carbonyl (C=O) groups excluding carboxylic acids is 1. The molecule has 0 saturated carbocycles. The van der Waals surface area contributed by atoms with Gasteiger partial charge in [-0.2, -0.15) is 0 Å². The summed E-state index contributed by atoms with van der Waals surface area (Å²) in [6, 6.07) is 11.2. The fourth-order valence-electron chi connectivity index (χ4n) is 5.00. The molecule has 190 valence electrons. The second-order valence-electron chi connectivity index (χ2n) is 9.82. The van der Waals surface area contributed by atoms with Crippen LogP contribution in [0, 0.1) is 11.7 Å². The van der Waals surface area contributed by atoms with E-state index in [4.69, 9.17) is 4.74 Å². The molecule has 4 rings (SSSR count). The lowest BCUT2D eigenvalue weighted by Crippen LogP contribution is -2.37. The number of rotatable bonds is 7. The van der Waals surface area contributed by atoms with Gasteiger partial charge in [0, 0.05) is 36.2 Å². The van der Waals surface area contributed by atoms with Gasteiger partial charge in [0.1, 0.15) is 11.4 Å². The van der Waals surface area contributed by atoms with E-state index in [9.17, 15) is 18.0 Å². The van der Waals surface area contributed by atoms with Crippen LogP contribution in [0.1, 0.15) is 56.3 Å². The second kappa shape index (κ2) is 10.1. The number of alkyl halides is 2. The Bertz CT molecular complexity index is 1290. The number of ether oxygens (including phenoxy) is 1. The summed E-state index contributed by atoms with van der Waals surface area (Å²) in [6.45, 7) is 6.57. The number of methoxy groups -OCH3 is 1. The zero-order valence-electron chi connectivity index (χ0n) is 21.2. The number of nitrogens with one attached hydrogen (secondary N) is 1. The lowest BCUT2D eigenvalue weighted by molar-refractivity contribution is -0.134. The smallest absolute Gasteiger partial charge is 0.266 e. The number of nitrogens with zero attached hydrogens (tertiary/aromatic N) is 2. The van der Waals surface area contributed by atoms with Crippen LogP contribution in [-0.2, 0) is 15.1 Å². The molecule has 1 aromatic heterocycles. The summed E-state index contributed by atoms with van der Waals surface area (Å²) < 4.78 is 47.3. The third-order valence-electron chi connectivity index (χ3n) is 7.02. The number of likely N-dealkylation sites (tertiary alicyclic amines) is 1. The van der Waals surface area contributed by atoms with Crippen LogP contribution in [0.2, 0.25) is 0 Å². The number of hydrogen-bond acceptors (Lipinski definition) is 4. The summed E-state index contributed by atoms with van der Waals surface area (Å²) in [6.07, 6.45) is -2.22. The van der Waals surface area contributed by atoms with Crippen molar-refractivity contribution in [3.63, 3.8) is 0 Å². The summed E-state index contributed by atoms with van der Waals surface area (Å²) in [5.41, 5.74) is 2.06. The van der Waals surface area contributed by atoms with E-state index in [1.807, 2.05) is 50.9 Å². The third kappa shape index (κ3) is 4.81. The van der Waals surface area contributed by atoms with Gasteiger partial charge in [0.15, 0.2) is 7.85 Å². The van der Waals surface area contributed by atoms with Crippen molar-refractivity contribution in [2.24, 2.45) is 5.92 Å². The molecule has 1 amide bonds. The summed E-state index contributed by atoms with van der Waals surface area (Å²) in [7, 11) is 3.52. The maximum atomic E-state index is 14.8.